The van der Waals surface area contributed by atoms with Crippen molar-refractivity contribution in [3.05, 3.63) is 62.3 Å². The van der Waals surface area contributed by atoms with Crippen LogP contribution < -0.4 is 0 Å². The van der Waals surface area contributed by atoms with Gasteiger partial charge in [0, 0.05) is 27.8 Å². The summed E-state index contributed by atoms with van der Waals surface area (Å²) < 4.78 is 40.1. The molecule has 1 atom stereocenters. The zero-order valence-corrected chi connectivity index (χ0v) is 13.7. The first-order valence-electron chi connectivity index (χ1n) is 5.91. The molecule has 0 radical (unpaired) electrons. The number of rotatable bonds is 3. The SMILES string of the molecule is OC(Cc1cncc(Br)c1)c1ccc(Br)cc1C(F)(F)F. The van der Waals surface area contributed by atoms with Crippen molar-refractivity contribution < 1.29 is 18.3 Å². The van der Waals surface area contributed by atoms with E-state index in [9.17, 15) is 18.3 Å². The molecule has 0 aliphatic carbocycles. The second kappa shape index (κ2) is 6.46. The smallest absolute Gasteiger partial charge is 0.388 e. The molecule has 2 rings (SSSR count). The van der Waals surface area contributed by atoms with Crippen LogP contribution in [0.3, 0.4) is 0 Å². The highest BCUT2D eigenvalue weighted by Gasteiger charge is 2.35. The number of pyridine rings is 1. The highest BCUT2D eigenvalue weighted by atomic mass is 79.9. The fraction of sp³-hybridized carbons (Fsp3) is 0.214. The number of benzene rings is 1. The van der Waals surface area contributed by atoms with Crippen LogP contribution in [0.25, 0.3) is 0 Å². The van der Waals surface area contributed by atoms with Gasteiger partial charge in [-0.25, -0.2) is 0 Å². The molecule has 0 aliphatic heterocycles. The van der Waals surface area contributed by atoms with Crippen LogP contribution in [0.5, 0.6) is 0 Å². The molecule has 2 aromatic rings. The van der Waals surface area contributed by atoms with E-state index in [1.165, 1.54) is 18.3 Å². The lowest BCUT2D eigenvalue weighted by molar-refractivity contribution is -0.139. The summed E-state index contributed by atoms with van der Waals surface area (Å²) >= 11 is 6.25. The van der Waals surface area contributed by atoms with Crippen LogP contribution in [-0.2, 0) is 12.6 Å². The zero-order chi connectivity index (χ0) is 15.6. The van der Waals surface area contributed by atoms with Gasteiger partial charge in [-0.2, -0.15) is 13.2 Å². The average molecular weight is 425 g/mol. The van der Waals surface area contributed by atoms with Gasteiger partial charge in [-0.05, 0) is 45.3 Å². The van der Waals surface area contributed by atoms with Crippen LogP contribution in [0.15, 0.2) is 45.6 Å². The molecule has 2 nitrogen and oxygen atoms in total. The van der Waals surface area contributed by atoms with Gasteiger partial charge in [0.15, 0.2) is 0 Å². The first kappa shape index (κ1) is 16.5. The van der Waals surface area contributed by atoms with Gasteiger partial charge in [0.05, 0.1) is 11.7 Å². The average Bonchev–Trinajstić information content (AvgIpc) is 2.37. The lowest BCUT2D eigenvalue weighted by Gasteiger charge is -2.18. The van der Waals surface area contributed by atoms with Gasteiger partial charge in [0.25, 0.3) is 0 Å². The molecule has 0 saturated carbocycles. The van der Waals surface area contributed by atoms with Crippen molar-refractivity contribution in [2.45, 2.75) is 18.7 Å². The molecule has 1 N–H and O–H groups in total. The summed E-state index contributed by atoms with van der Waals surface area (Å²) in [6, 6.07) is 5.44. The number of aliphatic hydroxyl groups excluding tert-OH is 1. The standard InChI is InChI=1S/C14H10Br2F3NO/c15-9-1-2-11(12(5-9)14(17,18)19)13(21)4-8-3-10(16)7-20-6-8/h1-3,5-7,13,21H,4H2. The molecular weight excluding hydrogens is 415 g/mol. The molecule has 0 fully saturated rings. The minimum atomic E-state index is -4.52. The largest absolute Gasteiger partial charge is 0.416 e. The third-order valence-corrected chi connectivity index (χ3v) is 3.80. The fourth-order valence-electron chi connectivity index (χ4n) is 1.97. The number of aromatic nitrogens is 1. The Morgan fingerprint density at radius 1 is 1.10 bits per heavy atom. The van der Waals surface area contributed by atoms with Gasteiger partial charge >= 0.3 is 6.18 Å². The summed E-state index contributed by atoms with van der Waals surface area (Å²) in [5, 5.41) is 10.1. The number of halogens is 5. The third-order valence-electron chi connectivity index (χ3n) is 2.87. The Balaban J connectivity index is 2.33. The van der Waals surface area contributed by atoms with Crippen LogP contribution in [0, 0.1) is 0 Å². The Hall–Kier alpha value is -0.920. The molecule has 0 saturated heterocycles. The maximum atomic E-state index is 13.0. The Labute approximate surface area is 136 Å². The Morgan fingerprint density at radius 3 is 2.43 bits per heavy atom. The third kappa shape index (κ3) is 4.28. The summed E-state index contributed by atoms with van der Waals surface area (Å²) in [5.74, 6) is 0. The quantitative estimate of drug-likeness (QED) is 0.759. The van der Waals surface area contributed by atoms with Crippen molar-refractivity contribution in [3.8, 4) is 0 Å². The molecule has 7 heteroatoms. The number of alkyl halides is 3. The van der Waals surface area contributed by atoms with Gasteiger partial charge in [-0.1, -0.05) is 22.0 Å². The molecule has 1 aromatic heterocycles. The van der Waals surface area contributed by atoms with Crippen LogP contribution in [0.2, 0.25) is 0 Å². The molecule has 0 spiro atoms. The van der Waals surface area contributed by atoms with Crippen LogP contribution >= 0.6 is 31.9 Å². The van der Waals surface area contributed by atoms with Crippen molar-refractivity contribution in [3.63, 3.8) is 0 Å². The predicted molar refractivity (Wildman–Crippen MR) is 79.7 cm³/mol. The van der Waals surface area contributed by atoms with Crippen molar-refractivity contribution in [2.75, 3.05) is 0 Å². The van der Waals surface area contributed by atoms with Crippen LogP contribution in [0.4, 0.5) is 13.2 Å². The molecular formula is C14H10Br2F3NO. The van der Waals surface area contributed by atoms with E-state index < -0.39 is 17.8 Å². The van der Waals surface area contributed by atoms with E-state index in [-0.39, 0.29) is 12.0 Å². The summed E-state index contributed by atoms with van der Waals surface area (Å²) in [4.78, 5) is 3.93. The molecule has 112 valence electrons. The second-order valence-corrected chi connectivity index (χ2v) is 6.29. The van der Waals surface area contributed by atoms with Crippen molar-refractivity contribution in [1.29, 1.82) is 0 Å². The van der Waals surface area contributed by atoms with E-state index in [2.05, 4.69) is 36.8 Å². The number of hydrogen-bond donors (Lipinski definition) is 1. The van der Waals surface area contributed by atoms with Gasteiger partial charge < -0.3 is 5.11 Å². The van der Waals surface area contributed by atoms with E-state index in [0.717, 1.165) is 6.07 Å². The molecule has 21 heavy (non-hydrogen) atoms. The van der Waals surface area contributed by atoms with Crippen molar-refractivity contribution in [2.24, 2.45) is 0 Å². The van der Waals surface area contributed by atoms with E-state index in [0.29, 0.717) is 14.5 Å². The first-order chi connectivity index (χ1) is 9.77. The lowest BCUT2D eigenvalue weighted by atomic mass is 9.97. The van der Waals surface area contributed by atoms with Crippen LogP contribution in [0.1, 0.15) is 22.8 Å². The molecule has 1 aromatic carbocycles. The summed E-state index contributed by atoms with van der Waals surface area (Å²) in [5.41, 5.74) is -0.342. The van der Waals surface area contributed by atoms with Gasteiger partial charge in [0.1, 0.15) is 0 Å². The van der Waals surface area contributed by atoms with Crippen molar-refractivity contribution >= 4 is 31.9 Å². The molecule has 1 unspecified atom stereocenters. The van der Waals surface area contributed by atoms with E-state index in [1.807, 2.05) is 0 Å². The monoisotopic (exact) mass is 423 g/mol. The maximum Gasteiger partial charge on any atom is 0.416 e. The second-order valence-electron chi connectivity index (χ2n) is 4.46. The minimum Gasteiger partial charge on any atom is -0.388 e. The van der Waals surface area contributed by atoms with E-state index in [4.69, 9.17) is 0 Å². The fourth-order valence-corrected chi connectivity index (χ4v) is 2.74. The topological polar surface area (TPSA) is 33.1 Å². The number of hydrogen-bond acceptors (Lipinski definition) is 2. The van der Waals surface area contributed by atoms with Gasteiger partial charge in [-0.3, -0.25) is 4.98 Å². The van der Waals surface area contributed by atoms with Gasteiger partial charge in [0.2, 0.25) is 0 Å². The molecule has 0 bridgehead atoms. The van der Waals surface area contributed by atoms with Crippen molar-refractivity contribution in [1.82, 2.24) is 4.98 Å². The summed E-state index contributed by atoms with van der Waals surface area (Å²) in [6.45, 7) is 0. The lowest BCUT2D eigenvalue weighted by Crippen LogP contribution is -2.13. The highest BCUT2D eigenvalue weighted by molar-refractivity contribution is 9.10. The number of aliphatic hydroxyl groups is 1. The molecule has 0 aliphatic rings. The summed E-state index contributed by atoms with van der Waals surface area (Å²) in [6.07, 6.45) is -2.64. The molecule has 0 amide bonds. The van der Waals surface area contributed by atoms with Gasteiger partial charge in [-0.15, -0.1) is 0 Å². The number of nitrogens with zero attached hydrogens (tertiary/aromatic N) is 1. The maximum absolute atomic E-state index is 13.0. The normalized spacial score (nSPS) is 13.2. The van der Waals surface area contributed by atoms with Crippen LogP contribution in [-0.4, -0.2) is 10.1 Å². The molecule has 1 heterocycles. The zero-order valence-electron chi connectivity index (χ0n) is 10.5. The highest BCUT2D eigenvalue weighted by Crippen LogP contribution is 2.37. The Morgan fingerprint density at radius 2 is 1.81 bits per heavy atom. The minimum absolute atomic E-state index is 0.0527. The predicted octanol–water partition coefficient (Wildman–Crippen LogP) is 4.90. The Kier molecular flexibility index (Phi) is 5.06. The summed E-state index contributed by atoms with van der Waals surface area (Å²) in [7, 11) is 0. The first-order valence-corrected chi connectivity index (χ1v) is 7.50. The van der Waals surface area contributed by atoms with E-state index >= 15 is 0 Å². The Bertz CT molecular complexity index is 646. The van der Waals surface area contributed by atoms with E-state index in [1.54, 1.807) is 12.3 Å².